The first-order valence-electron chi connectivity index (χ1n) is 7.09. The minimum atomic E-state index is -0.0318. The lowest BCUT2D eigenvalue weighted by Crippen LogP contribution is -2.12. The van der Waals surface area contributed by atoms with Crippen LogP contribution >= 0.6 is 0 Å². The fourth-order valence-corrected chi connectivity index (χ4v) is 2.54. The molecule has 3 heterocycles. The molecule has 4 aromatic rings. The molecule has 0 saturated heterocycles. The van der Waals surface area contributed by atoms with Gasteiger partial charge >= 0.3 is 0 Å². The van der Waals surface area contributed by atoms with Crippen molar-refractivity contribution in [1.29, 1.82) is 0 Å². The average Bonchev–Trinajstić information content (AvgIpc) is 2.99. The molecule has 0 saturated carbocycles. The maximum absolute atomic E-state index is 4.36. The molecule has 0 fully saturated rings. The van der Waals surface area contributed by atoms with Crippen LogP contribution in [0.25, 0.3) is 16.6 Å². The molecule has 1 atom stereocenters. The number of fused-ring (bicyclic) bond motifs is 2. The zero-order chi connectivity index (χ0) is 14.9. The fourth-order valence-electron chi connectivity index (χ4n) is 2.54. The van der Waals surface area contributed by atoms with Gasteiger partial charge in [0.05, 0.1) is 11.6 Å². The average molecular weight is 290 g/mol. The van der Waals surface area contributed by atoms with Crippen molar-refractivity contribution in [2.75, 3.05) is 5.32 Å². The highest BCUT2D eigenvalue weighted by Crippen LogP contribution is 2.23. The third kappa shape index (κ3) is 2.05. The summed E-state index contributed by atoms with van der Waals surface area (Å²) in [6.45, 7) is 2.04. The van der Waals surface area contributed by atoms with Gasteiger partial charge in [0.15, 0.2) is 11.5 Å². The van der Waals surface area contributed by atoms with Gasteiger partial charge in [-0.1, -0.05) is 18.2 Å². The Labute approximate surface area is 126 Å². The molecule has 3 aromatic heterocycles. The van der Waals surface area contributed by atoms with Crippen LogP contribution in [-0.4, -0.2) is 24.6 Å². The van der Waals surface area contributed by atoms with Gasteiger partial charge in [-0.25, -0.2) is 9.97 Å². The summed E-state index contributed by atoms with van der Waals surface area (Å²) in [6, 6.07) is 13.7. The number of nitrogens with one attached hydrogen (secondary N) is 1. The second kappa shape index (κ2) is 5.07. The molecule has 0 aliphatic heterocycles. The van der Waals surface area contributed by atoms with Gasteiger partial charge in [-0.15, -0.1) is 10.2 Å². The number of aromatic nitrogens is 5. The highest BCUT2D eigenvalue weighted by molar-refractivity contribution is 5.88. The van der Waals surface area contributed by atoms with Crippen molar-refractivity contribution in [3.05, 3.63) is 60.8 Å². The van der Waals surface area contributed by atoms with Gasteiger partial charge in [0, 0.05) is 11.6 Å². The summed E-state index contributed by atoms with van der Waals surface area (Å²) in [7, 11) is 0. The Kier molecular flexibility index (Phi) is 2.93. The van der Waals surface area contributed by atoms with E-state index in [1.165, 1.54) is 0 Å². The lowest BCUT2D eigenvalue weighted by atomic mass is 10.2. The Hall–Kier alpha value is -3.02. The van der Waals surface area contributed by atoms with Crippen molar-refractivity contribution in [3.8, 4) is 0 Å². The Morgan fingerprint density at radius 3 is 2.82 bits per heavy atom. The van der Waals surface area contributed by atoms with Crippen LogP contribution in [-0.2, 0) is 0 Å². The van der Waals surface area contributed by atoms with Crippen molar-refractivity contribution in [2.24, 2.45) is 0 Å². The number of hydrogen-bond donors (Lipinski definition) is 1. The summed E-state index contributed by atoms with van der Waals surface area (Å²) in [4.78, 5) is 8.63. The zero-order valence-electron chi connectivity index (χ0n) is 12.0. The van der Waals surface area contributed by atoms with Crippen LogP contribution < -0.4 is 5.32 Å². The molecule has 0 spiro atoms. The first kappa shape index (κ1) is 12.7. The number of anilines is 1. The molecule has 0 aliphatic rings. The topological polar surface area (TPSA) is 68.0 Å². The standard InChI is InChI=1S/C16H14N6/c1-11(16-21-20-14-8-4-5-9-22(14)16)19-15-12-6-2-3-7-13(12)17-10-18-15/h2-11H,1H3,(H,17,18,19). The third-order valence-corrected chi connectivity index (χ3v) is 3.62. The van der Waals surface area contributed by atoms with Crippen molar-refractivity contribution in [1.82, 2.24) is 24.6 Å². The fraction of sp³-hybridized carbons (Fsp3) is 0.125. The molecule has 4 rings (SSSR count). The molecule has 108 valence electrons. The summed E-state index contributed by atoms with van der Waals surface area (Å²) in [5, 5.41) is 12.9. The number of hydrogen-bond acceptors (Lipinski definition) is 5. The van der Waals surface area contributed by atoms with Gasteiger partial charge in [-0.3, -0.25) is 4.40 Å². The summed E-state index contributed by atoms with van der Waals surface area (Å²) < 4.78 is 1.97. The van der Waals surface area contributed by atoms with Crippen LogP contribution in [0.1, 0.15) is 18.8 Å². The predicted molar refractivity (Wildman–Crippen MR) is 84.6 cm³/mol. The van der Waals surface area contributed by atoms with Crippen LogP contribution in [0, 0.1) is 0 Å². The molecule has 0 radical (unpaired) electrons. The second-order valence-electron chi connectivity index (χ2n) is 5.09. The van der Waals surface area contributed by atoms with E-state index in [4.69, 9.17) is 0 Å². The van der Waals surface area contributed by atoms with Crippen LogP contribution in [0.15, 0.2) is 55.0 Å². The molecule has 0 aliphatic carbocycles. The normalized spacial score (nSPS) is 12.6. The predicted octanol–water partition coefficient (Wildman–Crippen LogP) is 2.85. The first-order valence-corrected chi connectivity index (χ1v) is 7.09. The molecule has 0 bridgehead atoms. The van der Waals surface area contributed by atoms with Crippen LogP contribution in [0.3, 0.4) is 0 Å². The van der Waals surface area contributed by atoms with E-state index in [1.54, 1.807) is 6.33 Å². The molecule has 6 heteroatoms. The van der Waals surface area contributed by atoms with E-state index < -0.39 is 0 Å². The quantitative estimate of drug-likeness (QED) is 0.628. The number of benzene rings is 1. The lowest BCUT2D eigenvalue weighted by Gasteiger charge is -2.14. The lowest BCUT2D eigenvalue weighted by molar-refractivity contribution is 0.769. The van der Waals surface area contributed by atoms with Crippen LogP contribution in [0.2, 0.25) is 0 Å². The van der Waals surface area contributed by atoms with Gasteiger partial charge < -0.3 is 5.32 Å². The SMILES string of the molecule is CC(Nc1ncnc2ccccc12)c1nnc2ccccn12. The molecule has 0 amide bonds. The summed E-state index contributed by atoms with van der Waals surface area (Å²) in [5.41, 5.74) is 1.75. The van der Waals surface area contributed by atoms with Gasteiger partial charge in [-0.2, -0.15) is 0 Å². The Morgan fingerprint density at radius 2 is 1.86 bits per heavy atom. The summed E-state index contributed by atoms with van der Waals surface area (Å²) in [6.07, 6.45) is 3.53. The number of para-hydroxylation sites is 1. The molecule has 1 N–H and O–H groups in total. The summed E-state index contributed by atoms with van der Waals surface area (Å²) >= 11 is 0. The van der Waals surface area contributed by atoms with Gasteiger partial charge in [0.1, 0.15) is 12.1 Å². The second-order valence-corrected chi connectivity index (χ2v) is 5.09. The molecule has 1 unspecified atom stereocenters. The maximum Gasteiger partial charge on any atom is 0.160 e. The molecule has 6 nitrogen and oxygen atoms in total. The Balaban J connectivity index is 1.73. The van der Waals surface area contributed by atoms with E-state index in [9.17, 15) is 0 Å². The van der Waals surface area contributed by atoms with Crippen molar-refractivity contribution < 1.29 is 0 Å². The smallest absolute Gasteiger partial charge is 0.160 e. The van der Waals surface area contributed by atoms with E-state index in [2.05, 4.69) is 25.5 Å². The van der Waals surface area contributed by atoms with Crippen molar-refractivity contribution >= 4 is 22.4 Å². The molecule has 22 heavy (non-hydrogen) atoms. The first-order chi connectivity index (χ1) is 10.8. The van der Waals surface area contributed by atoms with Crippen LogP contribution in [0.4, 0.5) is 5.82 Å². The Morgan fingerprint density at radius 1 is 1.00 bits per heavy atom. The van der Waals surface area contributed by atoms with Crippen LogP contribution in [0.5, 0.6) is 0 Å². The highest BCUT2D eigenvalue weighted by atomic mass is 15.3. The highest BCUT2D eigenvalue weighted by Gasteiger charge is 2.14. The molecular weight excluding hydrogens is 276 g/mol. The van der Waals surface area contributed by atoms with Gasteiger partial charge in [-0.05, 0) is 31.2 Å². The number of nitrogens with zero attached hydrogens (tertiary/aromatic N) is 5. The number of pyridine rings is 1. The van der Waals surface area contributed by atoms with Crippen molar-refractivity contribution in [3.63, 3.8) is 0 Å². The minimum Gasteiger partial charge on any atom is -0.360 e. The largest absolute Gasteiger partial charge is 0.360 e. The van der Waals surface area contributed by atoms with E-state index in [-0.39, 0.29) is 6.04 Å². The minimum absolute atomic E-state index is 0.0318. The Bertz CT molecular complexity index is 940. The van der Waals surface area contributed by atoms with Gasteiger partial charge in [0.25, 0.3) is 0 Å². The molecular formula is C16H14N6. The van der Waals surface area contributed by atoms with E-state index in [0.717, 1.165) is 28.2 Å². The maximum atomic E-state index is 4.36. The van der Waals surface area contributed by atoms with Gasteiger partial charge in [0.2, 0.25) is 0 Å². The monoisotopic (exact) mass is 290 g/mol. The zero-order valence-corrected chi connectivity index (χ0v) is 12.0. The summed E-state index contributed by atoms with van der Waals surface area (Å²) in [5.74, 6) is 1.64. The van der Waals surface area contributed by atoms with E-state index >= 15 is 0 Å². The molecule has 1 aromatic carbocycles. The van der Waals surface area contributed by atoms with Crippen molar-refractivity contribution in [2.45, 2.75) is 13.0 Å². The number of rotatable bonds is 3. The third-order valence-electron chi connectivity index (χ3n) is 3.62. The van der Waals surface area contributed by atoms with E-state index in [1.807, 2.05) is 60.0 Å². The van der Waals surface area contributed by atoms with E-state index in [0.29, 0.717) is 0 Å².